The van der Waals surface area contributed by atoms with Gasteiger partial charge in [0.2, 0.25) is 0 Å². The summed E-state index contributed by atoms with van der Waals surface area (Å²) in [5.41, 5.74) is 1.87. The summed E-state index contributed by atoms with van der Waals surface area (Å²) in [6.45, 7) is 7.82. The average molecular weight is 335 g/mol. The van der Waals surface area contributed by atoms with Crippen molar-refractivity contribution in [3.8, 4) is 0 Å². The highest BCUT2D eigenvalue weighted by atomic mass is 16.1. The number of nitrogens with one attached hydrogen (secondary N) is 1. The highest BCUT2D eigenvalue weighted by Crippen LogP contribution is 2.15. The molecule has 0 saturated heterocycles. The van der Waals surface area contributed by atoms with Crippen molar-refractivity contribution in [2.45, 2.75) is 33.4 Å². The Bertz CT molecular complexity index is 900. The van der Waals surface area contributed by atoms with Crippen LogP contribution < -0.4 is 10.9 Å². The van der Waals surface area contributed by atoms with Crippen LogP contribution in [0.2, 0.25) is 0 Å². The van der Waals surface area contributed by atoms with Gasteiger partial charge in [0.1, 0.15) is 5.82 Å². The molecule has 1 aromatic heterocycles. The predicted molar refractivity (Wildman–Crippen MR) is 103 cm³/mol. The van der Waals surface area contributed by atoms with Gasteiger partial charge in [-0.15, -0.1) is 0 Å². The second-order valence-corrected chi connectivity index (χ2v) is 6.89. The minimum Gasteiger partial charge on any atom is -0.307 e. The van der Waals surface area contributed by atoms with Gasteiger partial charge in [0, 0.05) is 0 Å². The number of hydrogen-bond donors (Lipinski definition) is 1. The molecule has 0 spiro atoms. The first kappa shape index (κ1) is 17.4. The van der Waals surface area contributed by atoms with E-state index in [1.807, 2.05) is 54.6 Å². The second-order valence-electron chi connectivity index (χ2n) is 6.89. The molecule has 130 valence electrons. The van der Waals surface area contributed by atoms with Crippen LogP contribution in [0.5, 0.6) is 0 Å². The van der Waals surface area contributed by atoms with E-state index in [2.05, 4.69) is 26.1 Å². The Morgan fingerprint density at radius 3 is 2.40 bits per heavy atom. The topological polar surface area (TPSA) is 46.9 Å². The van der Waals surface area contributed by atoms with E-state index in [9.17, 15) is 4.79 Å². The van der Waals surface area contributed by atoms with Crippen LogP contribution in [0.15, 0.2) is 59.4 Å². The van der Waals surface area contributed by atoms with Crippen molar-refractivity contribution in [1.29, 1.82) is 0 Å². The van der Waals surface area contributed by atoms with Crippen LogP contribution in [0.3, 0.4) is 0 Å². The number of para-hydroxylation sites is 1. The molecular weight excluding hydrogens is 310 g/mol. The van der Waals surface area contributed by atoms with Crippen molar-refractivity contribution < 1.29 is 0 Å². The summed E-state index contributed by atoms with van der Waals surface area (Å²) in [5.74, 6) is 1.32. The standard InChI is InChI=1S/C21H25N3O/c1-15(2)13-22-16(3)20-23-19-12-8-7-11-18(19)21(25)24(20)14-17-9-5-4-6-10-17/h4-12,15-16,22H,13-14H2,1-3H3/t16-/m1/s1. The molecule has 2 aromatic carbocycles. The molecule has 1 atom stereocenters. The zero-order valence-electron chi connectivity index (χ0n) is 15.1. The molecule has 3 aromatic rings. The SMILES string of the molecule is CC(C)CN[C@H](C)c1nc2ccccc2c(=O)n1Cc1ccccc1. The Morgan fingerprint density at radius 1 is 1.00 bits per heavy atom. The number of nitrogens with zero attached hydrogens (tertiary/aromatic N) is 2. The van der Waals surface area contributed by atoms with Crippen LogP contribution in [0.25, 0.3) is 10.9 Å². The Morgan fingerprint density at radius 2 is 1.68 bits per heavy atom. The number of aromatic nitrogens is 2. The third-order valence-electron chi connectivity index (χ3n) is 4.29. The molecule has 0 radical (unpaired) electrons. The summed E-state index contributed by atoms with van der Waals surface area (Å²) in [7, 11) is 0. The van der Waals surface area contributed by atoms with Crippen molar-refractivity contribution in [3.05, 3.63) is 76.3 Å². The van der Waals surface area contributed by atoms with Gasteiger partial charge in [-0.1, -0.05) is 56.3 Å². The van der Waals surface area contributed by atoms with E-state index in [0.29, 0.717) is 17.8 Å². The fourth-order valence-electron chi connectivity index (χ4n) is 2.94. The van der Waals surface area contributed by atoms with E-state index >= 15 is 0 Å². The normalized spacial score (nSPS) is 12.6. The van der Waals surface area contributed by atoms with Gasteiger partial charge >= 0.3 is 0 Å². The molecule has 4 nitrogen and oxygen atoms in total. The first-order valence-electron chi connectivity index (χ1n) is 8.83. The summed E-state index contributed by atoms with van der Waals surface area (Å²) in [6, 6.07) is 17.6. The maximum absolute atomic E-state index is 13.1. The molecule has 1 heterocycles. The summed E-state index contributed by atoms with van der Waals surface area (Å²) >= 11 is 0. The molecule has 0 bridgehead atoms. The number of rotatable bonds is 6. The van der Waals surface area contributed by atoms with Crippen LogP contribution in [0.1, 0.15) is 38.2 Å². The molecule has 3 rings (SSSR count). The van der Waals surface area contributed by atoms with Crippen molar-refractivity contribution in [1.82, 2.24) is 14.9 Å². The number of fused-ring (bicyclic) bond motifs is 1. The highest BCUT2D eigenvalue weighted by Gasteiger charge is 2.16. The van der Waals surface area contributed by atoms with E-state index in [4.69, 9.17) is 4.98 Å². The van der Waals surface area contributed by atoms with Gasteiger partial charge < -0.3 is 5.32 Å². The van der Waals surface area contributed by atoms with Gasteiger partial charge in [-0.2, -0.15) is 0 Å². The maximum Gasteiger partial charge on any atom is 0.261 e. The van der Waals surface area contributed by atoms with Crippen LogP contribution in [0, 0.1) is 5.92 Å². The first-order valence-corrected chi connectivity index (χ1v) is 8.83. The Labute approximate surface area is 148 Å². The van der Waals surface area contributed by atoms with E-state index in [0.717, 1.165) is 23.4 Å². The van der Waals surface area contributed by atoms with Gasteiger partial charge in [-0.25, -0.2) is 4.98 Å². The molecule has 0 aliphatic rings. The summed E-state index contributed by atoms with van der Waals surface area (Å²) in [6.07, 6.45) is 0. The minimum atomic E-state index is 0.00317. The quantitative estimate of drug-likeness (QED) is 0.746. The van der Waals surface area contributed by atoms with Gasteiger partial charge in [0.05, 0.1) is 23.5 Å². The molecule has 0 aliphatic heterocycles. The Balaban J connectivity index is 2.09. The third kappa shape index (κ3) is 3.97. The van der Waals surface area contributed by atoms with Gasteiger partial charge in [-0.05, 0) is 37.1 Å². The highest BCUT2D eigenvalue weighted by molar-refractivity contribution is 5.77. The molecule has 0 amide bonds. The molecule has 25 heavy (non-hydrogen) atoms. The second kappa shape index (κ2) is 7.62. The van der Waals surface area contributed by atoms with Crippen LogP contribution in [-0.2, 0) is 6.54 Å². The monoisotopic (exact) mass is 335 g/mol. The van der Waals surface area contributed by atoms with Crippen molar-refractivity contribution in [3.63, 3.8) is 0 Å². The molecule has 4 heteroatoms. The van der Waals surface area contributed by atoms with Crippen molar-refractivity contribution >= 4 is 10.9 Å². The van der Waals surface area contributed by atoms with E-state index in [1.165, 1.54) is 0 Å². The van der Waals surface area contributed by atoms with Gasteiger partial charge in [0.15, 0.2) is 0 Å². The number of hydrogen-bond acceptors (Lipinski definition) is 3. The summed E-state index contributed by atoms with van der Waals surface area (Å²) in [5, 5.41) is 4.16. The largest absolute Gasteiger partial charge is 0.307 e. The third-order valence-corrected chi connectivity index (χ3v) is 4.29. The number of benzene rings is 2. The average Bonchev–Trinajstić information content (AvgIpc) is 2.62. The molecule has 0 fully saturated rings. The van der Waals surface area contributed by atoms with Crippen LogP contribution >= 0.6 is 0 Å². The fraction of sp³-hybridized carbons (Fsp3) is 0.333. The van der Waals surface area contributed by atoms with E-state index in [-0.39, 0.29) is 11.6 Å². The molecule has 0 saturated carbocycles. The zero-order valence-corrected chi connectivity index (χ0v) is 15.1. The predicted octanol–water partition coefficient (Wildman–Crippen LogP) is 3.75. The summed E-state index contributed by atoms with van der Waals surface area (Å²) in [4.78, 5) is 17.9. The molecule has 1 N–H and O–H groups in total. The Hall–Kier alpha value is -2.46. The molecule has 0 unspecified atom stereocenters. The summed E-state index contributed by atoms with van der Waals surface area (Å²) < 4.78 is 1.80. The van der Waals surface area contributed by atoms with E-state index < -0.39 is 0 Å². The lowest BCUT2D eigenvalue weighted by molar-refractivity contribution is 0.463. The smallest absolute Gasteiger partial charge is 0.261 e. The minimum absolute atomic E-state index is 0.00317. The maximum atomic E-state index is 13.1. The van der Waals surface area contributed by atoms with Crippen molar-refractivity contribution in [2.24, 2.45) is 5.92 Å². The van der Waals surface area contributed by atoms with E-state index in [1.54, 1.807) is 4.57 Å². The fourth-order valence-corrected chi connectivity index (χ4v) is 2.94. The van der Waals surface area contributed by atoms with Crippen LogP contribution in [0.4, 0.5) is 0 Å². The van der Waals surface area contributed by atoms with Gasteiger partial charge in [0.25, 0.3) is 5.56 Å². The zero-order chi connectivity index (χ0) is 17.8. The lowest BCUT2D eigenvalue weighted by Gasteiger charge is -2.20. The lowest BCUT2D eigenvalue weighted by Crippen LogP contribution is -2.32. The lowest BCUT2D eigenvalue weighted by atomic mass is 10.1. The Kier molecular flexibility index (Phi) is 5.29. The van der Waals surface area contributed by atoms with Gasteiger partial charge in [-0.3, -0.25) is 9.36 Å². The first-order chi connectivity index (χ1) is 12.1. The van der Waals surface area contributed by atoms with Crippen LogP contribution in [-0.4, -0.2) is 16.1 Å². The van der Waals surface area contributed by atoms with Crippen molar-refractivity contribution in [2.75, 3.05) is 6.54 Å². The molecular formula is C21H25N3O. The molecule has 0 aliphatic carbocycles.